The first-order chi connectivity index (χ1) is 5.20. The molecule has 3 nitrogen and oxygen atoms in total. The van der Waals surface area contributed by atoms with Crippen LogP contribution >= 0.6 is 11.3 Å². The molecule has 0 aliphatic heterocycles. The normalized spacial score (nSPS) is 12.8. The van der Waals surface area contributed by atoms with Gasteiger partial charge in [-0.2, -0.15) is 11.3 Å². The van der Waals surface area contributed by atoms with Crippen LogP contribution in [-0.4, -0.2) is 5.97 Å². The molecule has 0 aliphatic carbocycles. The van der Waals surface area contributed by atoms with Gasteiger partial charge in [0.1, 0.15) is 6.04 Å². The fourth-order valence-corrected chi connectivity index (χ4v) is 1.57. The fourth-order valence-electron chi connectivity index (χ4n) is 0.826. The van der Waals surface area contributed by atoms with Gasteiger partial charge in [0.2, 0.25) is 0 Å². The summed E-state index contributed by atoms with van der Waals surface area (Å²) in [7, 11) is 0. The molecule has 11 heavy (non-hydrogen) atoms. The van der Waals surface area contributed by atoms with Crippen LogP contribution in [0.1, 0.15) is 18.0 Å². The molecule has 0 saturated carbocycles. The van der Waals surface area contributed by atoms with Gasteiger partial charge in [-0.25, -0.2) is 0 Å². The molecule has 0 bridgehead atoms. The smallest absolute Gasteiger partial charge is 0.116 e. The van der Waals surface area contributed by atoms with Crippen molar-refractivity contribution < 1.29 is 15.6 Å². The third-order valence-electron chi connectivity index (χ3n) is 1.43. The molecular formula is C7H9NO2S. The average molecular weight is 171 g/mol. The molecule has 0 radical (unpaired) electrons. The maximum Gasteiger partial charge on any atom is 0.116 e. The van der Waals surface area contributed by atoms with Crippen molar-refractivity contribution in [2.75, 3.05) is 0 Å². The highest BCUT2D eigenvalue weighted by molar-refractivity contribution is 7.07. The van der Waals surface area contributed by atoms with Crippen molar-refractivity contribution in [1.29, 1.82) is 0 Å². The van der Waals surface area contributed by atoms with E-state index in [1.54, 1.807) is 11.3 Å². The van der Waals surface area contributed by atoms with Crippen LogP contribution in [0.4, 0.5) is 0 Å². The number of aliphatic carboxylic acids is 1. The summed E-state index contributed by atoms with van der Waals surface area (Å²) in [5, 5.41) is 14.0. The van der Waals surface area contributed by atoms with Gasteiger partial charge in [0.15, 0.2) is 0 Å². The molecule has 0 saturated heterocycles. The van der Waals surface area contributed by atoms with Crippen LogP contribution in [0.15, 0.2) is 16.8 Å². The predicted molar refractivity (Wildman–Crippen MR) is 39.6 cm³/mol. The highest BCUT2D eigenvalue weighted by Gasteiger charge is 2.09. The Hall–Kier alpha value is -0.870. The molecule has 1 aromatic heterocycles. The molecule has 1 rings (SSSR count). The second kappa shape index (κ2) is 3.50. The molecule has 0 spiro atoms. The Kier molecular flexibility index (Phi) is 2.62. The first-order valence-corrected chi connectivity index (χ1v) is 4.19. The molecular weight excluding hydrogens is 162 g/mol. The van der Waals surface area contributed by atoms with Crippen LogP contribution in [0.25, 0.3) is 0 Å². The van der Waals surface area contributed by atoms with Crippen molar-refractivity contribution in [3.63, 3.8) is 0 Å². The molecule has 0 amide bonds. The van der Waals surface area contributed by atoms with Gasteiger partial charge >= 0.3 is 0 Å². The topological polar surface area (TPSA) is 67.8 Å². The summed E-state index contributed by atoms with van der Waals surface area (Å²) in [6.07, 6.45) is -0.00324. The van der Waals surface area contributed by atoms with E-state index in [1.165, 1.54) is 0 Å². The van der Waals surface area contributed by atoms with Gasteiger partial charge in [-0.05, 0) is 16.8 Å². The minimum atomic E-state index is -1.05. The molecule has 0 unspecified atom stereocenters. The average Bonchev–Trinajstić information content (AvgIpc) is 2.35. The quantitative estimate of drug-likeness (QED) is 0.645. The van der Waals surface area contributed by atoms with Crippen LogP contribution in [0.3, 0.4) is 0 Å². The minimum absolute atomic E-state index is 0.00324. The van der Waals surface area contributed by atoms with E-state index in [1.807, 2.05) is 16.8 Å². The SMILES string of the molecule is [NH3+][C@@H](CC(=O)[O-])c1ccsc1. The fraction of sp³-hybridized carbons (Fsp3) is 0.286. The van der Waals surface area contributed by atoms with E-state index in [0.29, 0.717) is 0 Å². The molecule has 0 fully saturated rings. The molecule has 3 N–H and O–H groups in total. The highest BCUT2D eigenvalue weighted by Crippen LogP contribution is 2.14. The molecule has 1 atom stereocenters. The molecule has 4 heteroatoms. The molecule has 0 aliphatic rings. The van der Waals surface area contributed by atoms with Gasteiger partial charge in [-0.1, -0.05) is 0 Å². The van der Waals surface area contributed by atoms with Crippen LogP contribution in [0, 0.1) is 0 Å². The number of hydrogen-bond donors (Lipinski definition) is 1. The van der Waals surface area contributed by atoms with E-state index in [-0.39, 0.29) is 12.5 Å². The summed E-state index contributed by atoms with van der Waals surface area (Å²) >= 11 is 1.54. The van der Waals surface area contributed by atoms with Crippen LogP contribution in [0.5, 0.6) is 0 Å². The number of hydrogen-bond acceptors (Lipinski definition) is 3. The zero-order valence-electron chi connectivity index (χ0n) is 5.95. The van der Waals surface area contributed by atoms with Crippen LogP contribution < -0.4 is 10.8 Å². The van der Waals surface area contributed by atoms with Gasteiger partial charge in [0, 0.05) is 18.0 Å². The largest absolute Gasteiger partial charge is 0.550 e. The van der Waals surface area contributed by atoms with E-state index in [0.717, 1.165) is 5.56 Å². The zero-order valence-corrected chi connectivity index (χ0v) is 6.76. The second-order valence-electron chi connectivity index (χ2n) is 2.33. The monoisotopic (exact) mass is 171 g/mol. The summed E-state index contributed by atoms with van der Waals surface area (Å²) in [4.78, 5) is 10.2. The van der Waals surface area contributed by atoms with Crippen molar-refractivity contribution in [2.24, 2.45) is 0 Å². The summed E-state index contributed by atoms with van der Waals surface area (Å²) in [5.41, 5.74) is 4.68. The van der Waals surface area contributed by atoms with Crippen LogP contribution in [0.2, 0.25) is 0 Å². The first-order valence-electron chi connectivity index (χ1n) is 3.25. The molecule has 1 heterocycles. The van der Waals surface area contributed by atoms with E-state index >= 15 is 0 Å². The minimum Gasteiger partial charge on any atom is -0.550 e. The van der Waals surface area contributed by atoms with Crippen LogP contribution in [-0.2, 0) is 4.79 Å². The Morgan fingerprint density at radius 1 is 1.82 bits per heavy atom. The second-order valence-corrected chi connectivity index (χ2v) is 3.11. The summed E-state index contributed by atoms with van der Waals surface area (Å²) in [5.74, 6) is -1.05. The Morgan fingerprint density at radius 2 is 2.55 bits per heavy atom. The van der Waals surface area contributed by atoms with Gasteiger partial charge in [0.05, 0.1) is 0 Å². The summed E-state index contributed by atoms with van der Waals surface area (Å²) < 4.78 is 0. The summed E-state index contributed by atoms with van der Waals surface area (Å²) in [6, 6.07) is 1.71. The lowest BCUT2D eigenvalue weighted by molar-refractivity contribution is -0.430. The van der Waals surface area contributed by atoms with Gasteiger partial charge in [-0.15, -0.1) is 0 Å². The number of thiophene rings is 1. The Balaban J connectivity index is 2.56. The maximum atomic E-state index is 10.2. The Bertz CT molecular complexity index is 233. The predicted octanol–water partition coefficient (Wildman–Crippen LogP) is -0.829. The van der Waals surface area contributed by atoms with Gasteiger partial charge in [0.25, 0.3) is 0 Å². The van der Waals surface area contributed by atoms with Gasteiger partial charge in [-0.3, -0.25) is 0 Å². The number of rotatable bonds is 3. The van der Waals surface area contributed by atoms with E-state index < -0.39 is 5.97 Å². The Morgan fingerprint density at radius 3 is 3.00 bits per heavy atom. The van der Waals surface area contributed by atoms with E-state index in [4.69, 9.17) is 0 Å². The van der Waals surface area contributed by atoms with Crippen molar-refractivity contribution in [3.8, 4) is 0 Å². The molecule has 60 valence electrons. The number of carbonyl (C=O) groups excluding carboxylic acids is 1. The molecule has 1 aromatic rings. The number of quaternary nitrogens is 1. The summed E-state index contributed by atoms with van der Waals surface area (Å²) in [6.45, 7) is 0. The van der Waals surface area contributed by atoms with Gasteiger partial charge < -0.3 is 15.6 Å². The number of carbonyl (C=O) groups is 1. The lowest BCUT2D eigenvalue weighted by Crippen LogP contribution is -2.55. The third-order valence-corrected chi connectivity index (χ3v) is 2.13. The molecule has 0 aromatic carbocycles. The number of carboxylic acids is 1. The number of carboxylic acid groups (broad SMARTS) is 1. The standard InChI is InChI=1S/C7H9NO2S/c8-6(3-7(9)10)5-1-2-11-4-5/h1-2,4,6H,3,8H2,(H,9,10)/t6-/m0/s1. The maximum absolute atomic E-state index is 10.2. The van der Waals surface area contributed by atoms with Crippen molar-refractivity contribution in [2.45, 2.75) is 12.5 Å². The Labute approximate surface area is 68.5 Å². The van der Waals surface area contributed by atoms with Crippen molar-refractivity contribution in [3.05, 3.63) is 22.4 Å². The van der Waals surface area contributed by atoms with Crippen molar-refractivity contribution in [1.82, 2.24) is 0 Å². The zero-order chi connectivity index (χ0) is 8.27. The van der Waals surface area contributed by atoms with E-state index in [9.17, 15) is 9.90 Å². The third kappa shape index (κ3) is 2.32. The highest BCUT2D eigenvalue weighted by atomic mass is 32.1. The first kappa shape index (κ1) is 8.23. The van der Waals surface area contributed by atoms with E-state index in [2.05, 4.69) is 5.73 Å². The van der Waals surface area contributed by atoms with Crippen molar-refractivity contribution >= 4 is 17.3 Å². The lowest BCUT2D eigenvalue weighted by atomic mass is 10.1. The lowest BCUT2D eigenvalue weighted by Gasteiger charge is -2.05.